The molecule has 6 nitrogen and oxygen atoms in total. The molecule has 1 amide bonds. The minimum absolute atomic E-state index is 0.0724. The maximum atomic E-state index is 12.9. The lowest BCUT2D eigenvalue weighted by Gasteiger charge is -2.16. The molecule has 1 saturated heterocycles. The van der Waals surface area contributed by atoms with Crippen molar-refractivity contribution in [3.05, 3.63) is 41.7 Å². The van der Waals surface area contributed by atoms with E-state index in [1.165, 1.54) is 0 Å². The third-order valence-electron chi connectivity index (χ3n) is 4.34. The Morgan fingerprint density at radius 3 is 2.57 bits per heavy atom. The van der Waals surface area contributed by atoms with Gasteiger partial charge in [-0.25, -0.2) is 0 Å². The number of amides is 1. The molecule has 23 heavy (non-hydrogen) atoms. The largest absolute Gasteiger partial charge is 0.481 e. The summed E-state index contributed by atoms with van der Waals surface area (Å²) >= 11 is 0. The van der Waals surface area contributed by atoms with Gasteiger partial charge in [-0.05, 0) is 12.8 Å². The second kappa shape index (κ2) is 5.87. The van der Waals surface area contributed by atoms with Crippen molar-refractivity contribution >= 4 is 11.9 Å². The SMILES string of the molecule is Cc1onc(-c2ccccc2)c1C(=O)N1C[C@@H](C)[C@H](C(=O)O)C1. The molecule has 1 fully saturated rings. The van der Waals surface area contributed by atoms with Gasteiger partial charge in [0.25, 0.3) is 5.91 Å². The lowest BCUT2D eigenvalue weighted by Crippen LogP contribution is -2.30. The van der Waals surface area contributed by atoms with Crippen LogP contribution in [0.5, 0.6) is 0 Å². The van der Waals surface area contributed by atoms with Crippen molar-refractivity contribution in [2.45, 2.75) is 13.8 Å². The zero-order chi connectivity index (χ0) is 16.6. The molecule has 0 saturated carbocycles. The molecule has 0 spiro atoms. The number of carboxylic acids is 1. The molecule has 120 valence electrons. The average Bonchev–Trinajstić information content (AvgIpc) is 3.11. The normalized spacial score (nSPS) is 20.7. The van der Waals surface area contributed by atoms with Gasteiger partial charge in [-0.2, -0.15) is 0 Å². The first kappa shape index (κ1) is 15.3. The summed E-state index contributed by atoms with van der Waals surface area (Å²) in [6, 6.07) is 9.34. The van der Waals surface area contributed by atoms with Gasteiger partial charge in [-0.1, -0.05) is 42.4 Å². The fraction of sp³-hybridized carbons (Fsp3) is 0.353. The Balaban J connectivity index is 1.92. The highest BCUT2D eigenvalue weighted by Gasteiger charge is 2.38. The van der Waals surface area contributed by atoms with E-state index in [-0.39, 0.29) is 18.4 Å². The van der Waals surface area contributed by atoms with Crippen LogP contribution in [0, 0.1) is 18.8 Å². The van der Waals surface area contributed by atoms with E-state index in [9.17, 15) is 14.7 Å². The Bertz CT molecular complexity index is 738. The summed E-state index contributed by atoms with van der Waals surface area (Å²) in [7, 11) is 0. The molecule has 1 aliphatic heterocycles. The Labute approximate surface area is 133 Å². The second-order valence-corrected chi connectivity index (χ2v) is 5.96. The number of rotatable bonds is 3. The number of benzene rings is 1. The van der Waals surface area contributed by atoms with Crippen molar-refractivity contribution in [2.24, 2.45) is 11.8 Å². The smallest absolute Gasteiger partial charge is 0.308 e. The van der Waals surface area contributed by atoms with Crippen LogP contribution in [0.1, 0.15) is 23.0 Å². The molecule has 2 aromatic rings. The summed E-state index contributed by atoms with van der Waals surface area (Å²) in [5.74, 6) is -1.24. The van der Waals surface area contributed by atoms with Crippen LogP contribution in [0.25, 0.3) is 11.3 Å². The van der Waals surface area contributed by atoms with Crippen LogP contribution in [0.3, 0.4) is 0 Å². The number of hydrogen-bond acceptors (Lipinski definition) is 4. The Kier molecular flexibility index (Phi) is 3.90. The molecule has 6 heteroatoms. The number of carboxylic acid groups (broad SMARTS) is 1. The maximum Gasteiger partial charge on any atom is 0.308 e. The Morgan fingerprint density at radius 2 is 1.96 bits per heavy atom. The highest BCUT2D eigenvalue weighted by Crippen LogP contribution is 2.30. The standard InChI is InChI=1S/C17H18N2O4/c1-10-8-19(9-13(10)17(21)22)16(20)14-11(2)23-18-15(14)12-6-4-3-5-7-12/h3-7,10,13H,8-9H2,1-2H3,(H,21,22)/t10-,13-/m1/s1. The van der Waals surface area contributed by atoms with Gasteiger partial charge in [-0.15, -0.1) is 0 Å². The fourth-order valence-electron chi connectivity index (χ4n) is 3.03. The van der Waals surface area contributed by atoms with E-state index in [4.69, 9.17) is 4.52 Å². The summed E-state index contributed by atoms with van der Waals surface area (Å²) < 4.78 is 5.22. The van der Waals surface area contributed by atoms with Gasteiger partial charge < -0.3 is 14.5 Å². The molecule has 1 aliphatic rings. The number of carbonyl (C=O) groups excluding carboxylic acids is 1. The Morgan fingerprint density at radius 1 is 1.26 bits per heavy atom. The van der Waals surface area contributed by atoms with Crippen LogP contribution in [0.2, 0.25) is 0 Å². The average molecular weight is 314 g/mol. The first-order valence-corrected chi connectivity index (χ1v) is 7.52. The van der Waals surface area contributed by atoms with Gasteiger partial charge in [0.15, 0.2) is 0 Å². The Hall–Kier alpha value is -2.63. The third-order valence-corrected chi connectivity index (χ3v) is 4.34. The number of hydrogen-bond donors (Lipinski definition) is 1. The van der Waals surface area contributed by atoms with Gasteiger partial charge in [0, 0.05) is 18.7 Å². The summed E-state index contributed by atoms with van der Waals surface area (Å²) in [5, 5.41) is 13.2. The van der Waals surface area contributed by atoms with E-state index >= 15 is 0 Å². The molecule has 1 aromatic heterocycles. The first-order chi connectivity index (χ1) is 11.0. The zero-order valence-electron chi connectivity index (χ0n) is 13.0. The first-order valence-electron chi connectivity index (χ1n) is 7.52. The maximum absolute atomic E-state index is 12.9. The summed E-state index contributed by atoms with van der Waals surface area (Å²) in [4.78, 5) is 25.7. The summed E-state index contributed by atoms with van der Waals surface area (Å²) in [6.45, 7) is 4.19. The second-order valence-electron chi connectivity index (χ2n) is 5.96. The van der Waals surface area contributed by atoms with E-state index < -0.39 is 11.9 Å². The quantitative estimate of drug-likeness (QED) is 0.940. The molecular formula is C17H18N2O4. The predicted octanol–water partition coefficient (Wildman–Crippen LogP) is 2.44. The summed E-state index contributed by atoms with van der Waals surface area (Å²) in [5.41, 5.74) is 1.71. The number of likely N-dealkylation sites (tertiary alicyclic amines) is 1. The van der Waals surface area contributed by atoms with Crippen molar-refractivity contribution in [1.29, 1.82) is 0 Å². The highest BCUT2D eigenvalue weighted by molar-refractivity contribution is 6.01. The number of aromatic nitrogens is 1. The molecule has 3 rings (SSSR count). The topological polar surface area (TPSA) is 83.6 Å². The van der Waals surface area contributed by atoms with E-state index in [1.807, 2.05) is 37.3 Å². The van der Waals surface area contributed by atoms with Crippen LogP contribution in [-0.4, -0.2) is 40.1 Å². The minimum atomic E-state index is -0.863. The molecule has 0 radical (unpaired) electrons. The monoisotopic (exact) mass is 314 g/mol. The molecule has 1 aromatic carbocycles. The predicted molar refractivity (Wildman–Crippen MR) is 82.9 cm³/mol. The minimum Gasteiger partial charge on any atom is -0.481 e. The van der Waals surface area contributed by atoms with Gasteiger partial charge in [-0.3, -0.25) is 9.59 Å². The highest BCUT2D eigenvalue weighted by atomic mass is 16.5. The van der Waals surface area contributed by atoms with E-state index in [2.05, 4.69) is 5.16 Å². The lowest BCUT2D eigenvalue weighted by atomic mass is 9.99. The molecular weight excluding hydrogens is 296 g/mol. The number of aliphatic carboxylic acids is 1. The van der Waals surface area contributed by atoms with Gasteiger partial charge in [0.1, 0.15) is 17.0 Å². The van der Waals surface area contributed by atoms with Gasteiger partial charge in [0.05, 0.1) is 5.92 Å². The lowest BCUT2D eigenvalue weighted by molar-refractivity contribution is -0.142. The molecule has 0 bridgehead atoms. The van der Waals surface area contributed by atoms with Crippen molar-refractivity contribution in [3.63, 3.8) is 0 Å². The van der Waals surface area contributed by atoms with Crippen LogP contribution < -0.4 is 0 Å². The molecule has 2 heterocycles. The molecule has 1 N–H and O–H groups in total. The van der Waals surface area contributed by atoms with Gasteiger partial charge >= 0.3 is 5.97 Å². The fourth-order valence-corrected chi connectivity index (χ4v) is 3.03. The van der Waals surface area contributed by atoms with Crippen molar-refractivity contribution in [2.75, 3.05) is 13.1 Å². The van der Waals surface area contributed by atoms with Gasteiger partial charge in [0.2, 0.25) is 0 Å². The number of nitrogens with zero attached hydrogens (tertiary/aromatic N) is 2. The van der Waals surface area contributed by atoms with Crippen molar-refractivity contribution < 1.29 is 19.2 Å². The van der Waals surface area contributed by atoms with Crippen LogP contribution >= 0.6 is 0 Å². The molecule has 0 unspecified atom stereocenters. The van der Waals surface area contributed by atoms with E-state index in [1.54, 1.807) is 11.8 Å². The zero-order valence-corrected chi connectivity index (χ0v) is 13.0. The number of carbonyl (C=O) groups is 2. The van der Waals surface area contributed by atoms with Crippen LogP contribution in [0.4, 0.5) is 0 Å². The van der Waals surface area contributed by atoms with Crippen molar-refractivity contribution in [1.82, 2.24) is 10.1 Å². The molecule has 2 atom stereocenters. The van der Waals surface area contributed by atoms with E-state index in [0.717, 1.165) is 5.56 Å². The van der Waals surface area contributed by atoms with E-state index in [0.29, 0.717) is 23.6 Å². The van der Waals surface area contributed by atoms with Crippen LogP contribution in [-0.2, 0) is 4.79 Å². The summed E-state index contributed by atoms with van der Waals surface area (Å²) in [6.07, 6.45) is 0. The third kappa shape index (κ3) is 2.72. The van der Waals surface area contributed by atoms with Crippen LogP contribution in [0.15, 0.2) is 34.9 Å². The number of aryl methyl sites for hydroxylation is 1. The van der Waals surface area contributed by atoms with Crippen molar-refractivity contribution in [3.8, 4) is 11.3 Å². The molecule has 0 aliphatic carbocycles.